The van der Waals surface area contributed by atoms with E-state index in [1.165, 1.54) is 10.6 Å². The third-order valence-corrected chi connectivity index (χ3v) is 6.46. The Morgan fingerprint density at radius 2 is 2.67 bits per heavy atom. The summed E-state index contributed by atoms with van der Waals surface area (Å²) in [5, 5.41) is 0. The summed E-state index contributed by atoms with van der Waals surface area (Å²) in [6.45, 7) is 0. The molecule has 0 aromatic rings. The van der Waals surface area contributed by atoms with E-state index in [1.54, 1.807) is 0 Å². The Labute approximate surface area is 46.4 Å². The molecule has 6 heavy (non-hydrogen) atoms. The van der Waals surface area contributed by atoms with Gasteiger partial charge in [0.1, 0.15) is 0 Å². The summed E-state index contributed by atoms with van der Waals surface area (Å²) < 4.78 is 8.15. The van der Waals surface area contributed by atoms with Crippen molar-refractivity contribution < 1.29 is 0 Å². The molecule has 0 amide bonds. The Balaban J connectivity index is 2.38. The fraction of sp³-hybridized carbons (Fsp3) is 0.750. The summed E-state index contributed by atoms with van der Waals surface area (Å²) in [7, 11) is 0. The number of hydrogen-bond acceptors (Lipinski definition) is 1. The minimum absolute atomic E-state index is 1.04. The van der Waals surface area contributed by atoms with Gasteiger partial charge in [-0.25, -0.2) is 0 Å². The van der Waals surface area contributed by atoms with Gasteiger partial charge in [0.05, 0.1) is 0 Å². The van der Waals surface area contributed by atoms with Crippen LogP contribution in [0, 0.1) is 0 Å². The first-order valence-electron chi connectivity index (χ1n) is 2.41. The molecule has 0 radical (unpaired) electrons. The van der Waals surface area contributed by atoms with Crippen LogP contribution >= 0.6 is 0 Å². The zero-order chi connectivity index (χ0) is 4.41. The fourth-order valence-electron chi connectivity index (χ4n) is 0.645. The topological polar surface area (TPSA) is 12.4 Å². The van der Waals surface area contributed by atoms with Crippen molar-refractivity contribution in [3.63, 3.8) is 0 Å². The minimum atomic E-state index is -1.04. The maximum absolute atomic E-state index is 4.32. The van der Waals surface area contributed by atoms with Gasteiger partial charge in [-0.05, 0) is 0 Å². The first kappa shape index (κ1) is 4.69. The Bertz CT molecular complexity index is 69.9. The van der Waals surface area contributed by atoms with E-state index >= 15 is 0 Å². The van der Waals surface area contributed by atoms with Gasteiger partial charge in [-0.2, -0.15) is 0 Å². The molecule has 1 nitrogen and oxygen atoms in total. The van der Waals surface area contributed by atoms with Gasteiger partial charge in [0.2, 0.25) is 0 Å². The van der Waals surface area contributed by atoms with E-state index in [9.17, 15) is 0 Å². The van der Waals surface area contributed by atoms with Crippen LogP contribution in [-0.2, 0) is 0 Å². The van der Waals surface area contributed by atoms with E-state index in [0.717, 1.165) is 0 Å². The van der Waals surface area contributed by atoms with E-state index in [-0.39, 0.29) is 0 Å². The molecule has 0 saturated carbocycles. The molecule has 0 aromatic heterocycles. The van der Waals surface area contributed by atoms with Crippen LogP contribution in [0.5, 0.6) is 0 Å². The van der Waals surface area contributed by atoms with E-state index in [4.69, 9.17) is 0 Å². The molecule has 2 heteroatoms. The van der Waals surface area contributed by atoms with Crippen molar-refractivity contribution in [2.75, 3.05) is 0 Å². The number of nitrogens with zero attached hydrogens (tertiary/aromatic N) is 1. The summed E-state index contributed by atoms with van der Waals surface area (Å²) in [4.78, 5) is 0. The van der Waals surface area contributed by atoms with Crippen molar-refractivity contribution in [2.45, 2.75) is 15.3 Å². The summed E-state index contributed by atoms with van der Waals surface area (Å²) in [5.41, 5.74) is 0. The Kier molecular flexibility index (Phi) is 1.57. The summed E-state index contributed by atoms with van der Waals surface area (Å²) in [6, 6.07) is 0. The van der Waals surface area contributed by atoms with Crippen LogP contribution in [-0.4, -0.2) is 27.9 Å². The molecular weight excluding hydrogens is 177 g/mol. The molecule has 1 heterocycles. The van der Waals surface area contributed by atoms with Gasteiger partial charge in [-0.1, -0.05) is 0 Å². The zero-order valence-corrected chi connectivity index (χ0v) is 7.31. The van der Waals surface area contributed by atoms with Crippen LogP contribution < -0.4 is 0 Å². The quantitative estimate of drug-likeness (QED) is 0.535. The summed E-state index contributed by atoms with van der Waals surface area (Å²) in [6.07, 6.45) is 3.39. The molecule has 0 aromatic carbocycles. The molecule has 0 bridgehead atoms. The Morgan fingerprint density at radius 3 is 2.83 bits per heavy atom. The second kappa shape index (κ2) is 2.01. The molecule has 0 fully saturated rings. The van der Waals surface area contributed by atoms with Crippen molar-refractivity contribution in [1.82, 2.24) is 0 Å². The van der Waals surface area contributed by atoms with E-state index < -0.39 is 21.7 Å². The second-order valence-electron chi connectivity index (χ2n) is 1.76. The molecule has 32 valence electrons. The Morgan fingerprint density at radius 1 is 1.83 bits per heavy atom. The van der Waals surface area contributed by atoms with Gasteiger partial charge < -0.3 is 0 Å². The van der Waals surface area contributed by atoms with Crippen molar-refractivity contribution in [1.29, 1.82) is 0 Å². The number of rotatable bonds is 0. The molecule has 1 aliphatic heterocycles. The molecule has 0 spiro atoms. The summed E-state index contributed by atoms with van der Waals surface area (Å²) in [5.74, 6) is 0. The van der Waals surface area contributed by atoms with Crippen LogP contribution in [0.4, 0.5) is 0 Å². The second-order valence-corrected chi connectivity index (χ2v) is 9.10. The molecule has 1 aliphatic rings. The van der Waals surface area contributed by atoms with E-state index in [2.05, 4.69) is 13.9 Å². The van der Waals surface area contributed by atoms with Crippen LogP contribution in [0.25, 0.3) is 0 Å². The normalized spacial score (nSPS) is 19.8. The Hall–Kier alpha value is 0.540. The first-order valence-corrected chi connectivity index (χ1v) is 9.51. The van der Waals surface area contributed by atoms with Crippen LogP contribution in [0.1, 0.15) is 6.42 Å². The maximum atomic E-state index is 4.32. The number of hydrogen-bond donors (Lipinski definition) is 0. The molecule has 0 saturated heterocycles. The fourth-order valence-corrected chi connectivity index (χ4v) is 4.33. The van der Waals surface area contributed by atoms with Gasteiger partial charge in [0, 0.05) is 0 Å². The van der Waals surface area contributed by atoms with Crippen LogP contribution in [0.15, 0.2) is 2.98 Å². The van der Waals surface area contributed by atoms with Gasteiger partial charge >= 0.3 is 46.2 Å². The third-order valence-electron chi connectivity index (χ3n) is 1.07. The monoisotopic (exact) mass is 185 g/mol. The van der Waals surface area contributed by atoms with Gasteiger partial charge in [-0.3, -0.25) is 0 Å². The molecule has 1 rings (SSSR count). The van der Waals surface area contributed by atoms with Crippen LogP contribution in [0.2, 0.25) is 8.86 Å². The SMILES string of the molecule is [CH3][In]1[CH2]CC=[N]1. The van der Waals surface area contributed by atoms with Crippen molar-refractivity contribution in [2.24, 2.45) is 2.98 Å². The molecule has 0 N–H and O–H groups in total. The predicted octanol–water partition coefficient (Wildman–Crippen LogP) is 1.08. The van der Waals surface area contributed by atoms with Crippen molar-refractivity contribution in [3.8, 4) is 0 Å². The average molecular weight is 185 g/mol. The van der Waals surface area contributed by atoms with Crippen molar-refractivity contribution in [3.05, 3.63) is 0 Å². The molecule has 0 unspecified atom stereocenters. The standard InChI is InChI=1S/C3H5N.CH3.In/c1-2-3-4;;/h3H,1-2H2;1H3;/q-1;;+1. The summed E-state index contributed by atoms with van der Waals surface area (Å²) >= 11 is -1.04. The molecular formula is C4H8InN. The molecule has 0 aliphatic carbocycles. The van der Waals surface area contributed by atoms with Gasteiger partial charge in [0.15, 0.2) is 0 Å². The average Bonchev–Trinajstić information content (AvgIpc) is 1.86. The first-order chi connectivity index (χ1) is 2.89. The van der Waals surface area contributed by atoms with Gasteiger partial charge in [0.25, 0.3) is 0 Å². The third kappa shape index (κ3) is 1.00. The van der Waals surface area contributed by atoms with E-state index in [0.29, 0.717) is 0 Å². The predicted molar refractivity (Wildman–Crippen MR) is 29.5 cm³/mol. The van der Waals surface area contributed by atoms with Crippen molar-refractivity contribution >= 4 is 27.9 Å². The van der Waals surface area contributed by atoms with Gasteiger partial charge in [-0.15, -0.1) is 0 Å². The van der Waals surface area contributed by atoms with Crippen LogP contribution in [0.3, 0.4) is 0 Å². The van der Waals surface area contributed by atoms with E-state index in [1.807, 2.05) is 0 Å². The zero-order valence-electron chi connectivity index (χ0n) is 4.02. The molecule has 0 atom stereocenters.